The van der Waals surface area contributed by atoms with Crippen LogP contribution in [0.25, 0.3) is 0 Å². The minimum Gasteiger partial charge on any atom is -0.507 e. The first-order chi connectivity index (χ1) is 9.49. The second kappa shape index (κ2) is 7.37. The molecule has 1 aromatic carbocycles. The van der Waals surface area contributed by atoms with Crippen LogP contribution in [-0.4, -0.2) is 36.6 Å². The van der Waals surface area contributed by atoms with E-state index >= 15 is 0 Å². The fraction of sp³-hybridized carbons (Fsp3) is 0.429. The lowest BCUT2D eigenvalue weighted by Gasteiger charge is -2.14. The molecule has 6 heteroatoms. The van der Waals surface area contributed by atoms with E-state index < -0.39 is 11.9 Å². The largest absolute Gasteiger partial charge is 0.507 e. The summed E-state index contributed by atoms with van der Waals surface area (Å²) in [6.45, 7) is 4.08. The zero-order chi connectivity index (χ0) is 15.1. The van der Waals surface area contributed by atoms with Crippen molar-refractivity contribution in [2.24, 2.45) is 0 Å². The highest BCUT2D eigenvalue weighted by molar-refractivity contribution is 5.99. The minimum atomic E-state index is -0.681. The summed E-state index contributed by atoms with van der Waals surface area (Å²) >= 11 is 0. The fourth-order valence-corrected chi connectivity index (χ4v) is 1.57. The maximum atomic E-state index is 12.0. The number of phenolic OH excluding ortho intramolecular Hbond substituents is 1. The van der Waals surface area contributed by atoms with Crippen molar-refractivity contribution in [2.45, 2.75) is 26.3 Å². The zero-order valence-electron chi connectivity index (χ0n) is 11.9. The number of benzene rings is 1. The van der Waals surface area contributed by atoms with Crippen LogP contribution >= 0.6 is 0 Å². The minimum absolute atomic E-state index is 0.0690. The highest BCUT2D eigenvalue weighted by atomic mass is 16.5. The summed E-state index contributed by atoms with van der Waals surface area (Å²) < 4.78 is 5.00. The molecule has 0 fully saturated rings. The van der Waals surface area contributed by atoms with Crippen LogP contribution in [0.5, 0.6) is 11.5 Å². The number of rotatable bonds is 6. The van der Waals surface area contributed by atoms with Crippen LogP contribution in [-0.2, 0) is 4.79 Å². The average molecular weight is 280 g/mol. The standard InChI is InChI=1S/C14H20N2O4/c1-4-7-15-13(18)9(2)16-14(19)11-8-10(20-3)5-6-12(11)17/h5-6,8-9,17H,4,7H2,1-3H3,(H,15,18)(H,16,19). The van der Waals surface area contributed by atoms with Crippen LogP contribution in [0.4, 0.5) is 0 Å². The molecule has 0 aliphatic rings. The third kappa shape index (κ3) is 4.15. The average Bonchev–Trinajstić information content (AvgIpc) is 2.44. The molecule has 0 aliphatic heterocycles. The summed E-state index contributed by atoms with van der Waals surface area (Å²) in [5, 5.41) is 14.9. The summed E-state index contributed by atoms with van der Waals surface area (Å²) in [6, 6.07) is 3.65. The first-order valence-electron chi connectivity index (χ1n) is 6.45. The number of hydrogen-bond acceptors (Lipinski definition) is 4. The molecule has 0 spiro atoms. The van der Waals surface area contributed by atoms with Crippen molar-refractivity contribution in [3.05, 3.63) is 23.8 Å². The molecule has 0 saturated carbocycles. The van der Waals surface area contributed by atoms with E-state index in [0.717, 1.165) is 6.42 Å². The van der Waals surface area contributed by atoms with Crippen molar-refractivity contribution in [2.75, 3.05) is 13.7 Å². The Balaban J connectivity index is 2.73. The third-order valence-electron chi connectivity index (χ3n) is 2.74. The Morgan fingerprint density at radius 1 is 1.40 bits per heavy atom. The fourth-order valence-electron chi connectivity index (χ4n) is 1.57. The van der Waals surface area contributed by atoms with Gasteiger partial charge in [0.05, 0.1) is 12.7 Å². The number of methoxy groups -OCH3 is 1. The second-order valence-electron chi connectivity index (χ2n) is 4.37. The van der Waals surface area contributed by atoms with Crippen LogP contribution in [0.2, 0.25) is 0 Å². The molecule has 6 nitrogen and oxygen atoms in total. The van der Waals surface area contributed by atoms with Gasteiger partial charge in [-0.15, -0.1) is 0 Å². The van der Waals surface area contributed by atoms with E-state index in [0.29, 0.717) is 12.3 Å². The lowest BCUT2D eigenvalue weighted by Crippen LogP contribution is -2.45. The summed E-state index contributed by atoms with van der Waals surface area (Å²) in [6.07, 6.45) is 0.822. The number of ether oxygens (including phenoxy) is 1. The van der Waals surface area contributed by atoms with Gasteiger partial charge in [0.1, 0.15) is 17.5 Å². The normalized spacial score (nSPS) is 11.6. The Morgan fingerprint density at radius 2 is 2.10 bits per heavy atom. The van der Waals surface area contributed by atoms with E-state index in [4.69, 9.17) is 4.74 Å². The molecule has 0 heterocycles. The van der Waals surface area contributed by atoms with Crippen LogP contribution in [0.3, 0.4) is 0 Å². The molecule has 3 N–H and O–H groups in total. The lowest BCUT2D eigenvalue weighted by molar-refractivity contribution is -0.122. The second-order valence-corrected chi connectivity index (χ2v) is 4.37. The van der Waals surface area contributed by atoms with Crippen LogP contribution in [0.1, 0.15) is 30.6 Å². The smallest absolute Gasteiger partial charge is 0.255 e. The molecule has 2 amide bonds. The molecule has 0 aromatic heterocycles. The number of amides is 2. The molecule has 0 saturated heterocycles. The Morgan fingerprint density at radius 3 is 2.70 bits per heavy atom. The highest BCUT2D eigenvalue weighted by Crippen LogP contribution is 2.22. The van der Waals surface area contributed by atoms with Crippen molar-refractivity contribution < 1.29 is 19.4 Å². The lowest BCUT2D eigenvalue weighted by atomic mass is 10.1. The predicted octanol–water partition coefficient (Wildman–Crippen LogP) is 1.05. The van der Waals surface area contributed by atoms with Gasteiger partial charge in [0.25, 0.3) is 5.91 Å². The van der Waals surface area contributed by atoms with Gasteiger partial charge in [-0.05, 0) is 31.5 Å². The van der Waals surface area contributed by atoms with Gasteiger partial charge in [-0.1, -0.05) is 6.92 Å². The Kier molecular flexibility index (Phi) is 5.83. The summed E-state index contributed by atoms with van der Waals surface area (Å²) in [5.41, 5.74) is 0.0690. The van der Waals surface area contributed by atoms with Gasteiger partial charge >= 0.3 is 0 Å². The number of hydrogen-bond donors (Lipinski definition) is 3. The van der Waals surface area contributed by atoms with Gasteiger partial charge in [0.15, 0.2) is 0 Å². The Labute approximate surface area is 118 Å². The van der Waals surface area contributed by atoms with Crippen molar-refractivity contribution in [1.82, 2.24) is 10.6 Å². The molecular formula is C14H20N2O4. The Bertz CT molecular complexity index is 488. The predicted molar refractivity (Wildman–Crippen MR) is 74.9 cm³/mol. The molecular weight excluding hydrogens is 260 g/mol. The van der Waals surface area contributed by atoms with Crippen molar-refractivity contribution in [3.8, 4) is 11.5 Å². The maximum absolute atomic E-state index is 12.0. The van der Waals surface area contributed by atoms with Gasteiger partial charge in [0.2, 0.25) is 5.91 Å². The topological polar surface area (TPSA) is 87.7 Å². The van der Waals surface area contributed by atoms with E-state index in [9.17, 15) is 14.7 Å². The first kappa shape index (κ1) is 15.8. The van der Waals surface area contributed by atoms with Gasteiger partial charge in [-0.25, -0.2) is 0 Å². The number of carbonyl (C=O) groups excluding carboxylic acids is 2. The highest BCUT2D eigenvalue weighted by Gasteiger charge is 2.18. The van der Waals surface area contributed by atoms with E-state index in [1.807, 2.05) is 6.92 Å². The molecule has 0 aliphatic carbocycles. The molecule has 0 radical (unpaired) electrons. The molecule has 20 heavy (non-hydrogen) atoms. The number of phenols is 1. The molecule has 110 valence electrons. The third-order valence-corrected chi connectivity index (χ3v) is 2.74. The van der Waals surface area contributed by atoms with Crippen LogP contribution in [0, 0.1) is 0 Å². The molecule has 1 rings (SSSR count). The van der Waals surface area contributed by atoms with Gasteiger partial charge in [0, 0.05) is 6.54 Å². The number of nitrogens with one attached hydrogen (secondary N) is 2. The van der Waals surface area contributed by atoms with Crippen molar-refractivity contribution in [1.29, 1.82) is 0 Å². The number of aromatic hydroxyl groups is 1. The molecule has 0 bridgehead atoms. The van der Waals surface area contributed by atoms with Crippen LogP contribution in [0.15, 0.2) is 18.2 Å². The molecule has 1 atom stereocenters. The van der Waals surface area contributed by atoms with E-state index in [1.54, 1.807) is 13.0 Å². The Hall–Kier alpha value is -2.24. The van der Waals surface area contributed by atoms with E-state index in [-0.39, 0.29) is 17.2 Å². The maximum Gasteiger partial charge on any atom is 0.255 e. The molecule has 1 aromatic rings. The summed E-state index contributed by atoms with van der Waals surface area (Å²) in [5.74, 6) is -0.497. The van der Waals surface area contributed by atoms with Crippen molar-refractivity contribution in [3.63, 3.8) is 0 Å². The quantitative estimate of drug-likeness (QED) is 0.726. The van der Waals surface area contributed by atoms with E-state index in [2.05, 4.69) is 10.6 Å². The first-order valence-corrected chi connectivity index (χ1v) is 6.45. The van der Waals surface area contributed by atoms with Crippen LogP contribution < -0.4 is 15.4 Å². The van der Waals surface area contributed by atoms with Gasteiger partial charge < -0.3 is 20.5 Å². The monoisotopic (exact) mass is 280 g/mol. The van der Waals surface area contributed by atoms with Crippen molar-refractivity contribution >= 4 is 11.8 Å². The number of carbonyl (C=O) groups is 2. The van der Waals surface area contributed by atoms with E-state index in [1.165, 1.54) is 19.2 Å². The zero-order valence-corrected chi connectivity index (χ0v) is 11.9. The molecule has 1 unspecified atom stereocenters. The van der Waals surface area contributed by atoms with Gasteiger partial charge in [-0.3, -0.25) is 9.59 Å². The summed E-state index contributed by atoms with van der Waals surface area (Å²) in [7, 11) is 1.47. The SMILES string of the molecule is CCCNC(=O)C(C)NC(=O)c1cc(OC)ccc1O. The summed E-state index contributed by atoms with van der Waals surface area (Å²) in [4.78, 5) is 23.7. The van der Waals surface area contributed by atoms with Gasteiger partial charge in [-0.2, -0.15) is 0 Å².